The molecule has 1 atom stereocenters. The first-order valence-electron chi connectivity index (χ1n) is 11.3. The number of benzene rings is 1. The van der Waals surface area contributed by atoms with Gasteiger partial charge in [0, 0.05) is 6.54 Å². The summed E-state index contributed by atoms with van der Waals surface area (Å²) in [5.41, 5.74) is 1.48. The van der Waals surface area contributed by atoms with Crippen molar-refractivity contribution in [2.24, 2.45) is 0 Å². The van der Waals surface area contributed by atoms with Crippen LogP contribution in [-0.2, 0) is 20.8 Å². The predicted molar refractivity (Wildman–Crippen MR) is 147 cm³/mol. The van der Waals surface area contributed by atoms with Crippen molar-refractivity contribution >= 4 is 57.5 Å². The minimum Gasteiger partial charge on any atom is -0.481 e. The van der Waals surface area contributed by atoms with Crippen LogP contribution in [0.5, 0.6) is 5.75 Å². The summed E-state index contributed by atoms with van der Waals surface area (Å²) in [7, 11) is 2.46. The largest absolute Gasteiger partial charge is 0.481 e. The van der Waals surface area contributed by atoms with Gasteiger partial charge in [0.2, 0.25) is 5.91 Å². The third-order valence-corrected chi connectivity index (χ3v) is 7.77. The van der Waals surface area contributed by atoms with Crippen LogP contribution in [-0.4, -0.2) is 52.6 Å². The molecule has 1 aromatic carbocycles. The number of thioether (sulfide) groups is 1. The maximum atomic E-state index is 12.8. The molecule has 10 nitrogen and oxygen atoms in total. The Morgan fingerprint density at radius 3 is 2.58 bits per heavy atom. The number of hydrogen-bond donors (Lipinski definition) is 1. The fourth-order valence-electron chi connectivity index (χ4n) is 3.48. The highest BCUT2D eigenvalue weighted by Gasteiger charge is 2.27. The van der Waals surface area contributed by atoms with Gasteiger partial charge in [-0.3, -0.25) is 9.36 Å². The van der Waals surface area contributed by atoms with Gasteiger partial charge in [0.1, 0.15) is 15.6 Å². The minimum atomic E-state index is -0.671. The number of methoxy groups -OCH3 is 2. The van der Waals surface area contributed by atoms with Gasteiger partial charge in [0.05, 0.1) is 30.6 Å². The molecule has 0 bridgehead atoms. The standard InChI is InChI=1S/C25H27ClN4O6S2/c1-7-10-30-21(15(4)36-17-11-13(2)8-9-16(17)26)28-29-25(30)37-12-18(31)27-22-19(23(32)34-5)14(3)20(38-22)24(33)35-6/h7-9,11,15H,1,10,12H2,2-6H3,(H,27,31). The molecule has 0 saturated carbocycles. The summed E-state index contributed by atoms with van der Waals surface area (Å²) in [6.45, 7) is 9.54. The third kappa shape index (κ3) is 6.55. The van der Waals surface area contributed by atoms with E-state index in [1.165, 1.54) is 14.2 Å². The highest BCUT2D eigenvalue weighted by molar-refractivity contribution is 7.99. The quantitative estimate of drug-likeness (QED) is 0.185. The second-order valence-electron chi connectivity index (χ2n) is 8.01. The van der Waals surface area contributed by atoms with E-state index in [0.717, 1.165) is 28.7 Å². The van der Waals surface area contributed by atoms with Crippen LogP contribution >= 0.6 is 34.7 Å². The van der Waals surface area contributed by atoms with E-state index in [4.69, 9.17) is 25.8 Å². The molecule has 2 heterocycles. The van der Waals surface area contributed by atoms with Gasteiger partial charge >= 0.3 is 11.9 Å². The lowest BCUT2D eigenvalue weighted by Gasteiger charge is -2.17. The summed E-state index contributed by atoms with van der Waals surface area (Å²) in [4.78, 5) is 37.4. The molecule has 0 fully saturated rings. The van der Waals surface area contributed by atoms with Crippen molar-refractivity contribution in [2.45, 2.75) is 38.6 Å². The molecule has 202 valence electrons. The van der Waals surface area contributed by atoms with Crippen molar-refractivity contribution in [1.29, 1.82) is 0 Å². The topological polar surface area (TPSA) is 122 Å². The summed E-state index contributed by atoms with van der Waals surface area (Å²) < 4.78 is 17.4. The van der Waals surface area contributed by atoms with E-state index in [9.17, 15) is 14.4 Å². The second-order valence-corrected chi connectivity index (χ2v) is 10.4. The van der Waals surface area contributed by atoms with Gasteiger partial charge in [-0.25, -0.2) is 9.59 Å². The van der Waals surface area contributed by atoms with Crippen molar-refractivity contribution in [2.75, 3.05) is 25.3 Å². The number of thiophene rings is 1. The number of ether oxygens (including phenoxy) is 3. The Labute approximate surface area is 233 Å². The molecule has 0 radical (unpaired) electrons. The van der Waals surface area contributed by atoms with Crippen molar-refractivity contribution in [1.82, 2.24) is 14.8 Å². The number of rotatable bonds is 11. The molecular formula is C25H27ClN4O6S2. The molecule has 0 spiro atoms. The summed E-state index contributed by atoms with van der Waals surface area (Å²) in [6, 6.07) is 5.50. The number of anilines is 1. The maximum Gasteiger partial charge on any atom is 0.348 e. The first-order valence-corrected chi connectivity index (χ1v) is 13.5. The number of amides is 1. The molecule has 0 aliphatic carbocycles. The number of aromatic nitrogens is 3. The molecule has 0 aliphatic rings. The molecule has 2 aromatic heterocycles. The Hall–Kier alpha value is -3.35. The normalized spacial score (nSPS) is 11.5. The van der Waals surface area contributed by atoms with Crippen LogP contribution in [0.4, 0.5) is 5.00 Å². The number of hydrogen-bond acceptors (Lipinski definition) is 10. The van der Waals surface area contributed by atoms with Gasteiger partial charge < -0.3 is 19.5 Å². The van der Waals surface area contributed by atoms with Crippen molar-refractivity contribution in [3.63, 3.8) is 0 Å². The number of nitrogens with one attached hydrogen (secondary N) is 1. The molecule has 0 aliphatic heterocycles. The fourth-order valence-corrected chi connectivity index (χ4v) is 5.53. The van der Waals surface area contributed by atoms with Crippen molar-refractivity contribution in [3.8, 4) is 5.75 Å². The molecule has 0 saturated heterocycles. The van der Waals surface area contributed by atoms with Crippen LogP contribution in [0.25, 0.3) is 0 Å². The van der Waals surface area contributed by atoms with E-state index in [-0.39, 0.29) is 21.2 Å². The van der Waals surface area contributed by atoms with E-state index in [1.807, 2.05) is 26.0 Å². The highest BCUT2D eigenvalue weighted by atomic mass is 35.5. The van der Waals surface area contributed by atoms with Gasteiger partial charge in [0.15, 0.2) is 17.1 Å². The number of carbonyl (C=O) groups excluding carboxylic acids is 3. The molecular weight excluding hydrogens is 552 g/mol. The SMILES string of the molecule is C=CCn1c(SCC(=O)Nc2sc(C(=O)OC)c(C)c2C(=O)OC)nnc1C(C)Oc1cc(C)ccc1Cl. The predicted octanol–water partition coefficient (Wildman–Crippen LogP) is 5.24. The monoisotopic (exact) mass is 578 g/mol. The smallest absolute Gasteiger partial charge is 0.348 e. The van der Waals surface area contributed by atoms with E-state index in [2.05, 4.69) is 22.1 Å². The first-order chi connectivity index (χ1) is 18.1. The summed E-state index contributed by atoms with van der Waals surface area (Å²) in [5, 5.41) is 12.4. The van der Waals surface area contributed by atoms with E-state index < -0.39 is 23.9 Å². The van der Waals surface area contributed by atoms with Gasteiger partial charge in [-0.1, -0.05) is 35.5 Å². The summed E-state index contributed by atoms with van der Waals surface area (Å²) in [6.07, 6.45) is 1.20. The zero-order valence-electron chi connectivity index (χ0n) is 21.5. The Morgan fingerprint density at radius 1 is 1.21 bits per heavy atom. The summed E-state index contributed by atoms with van der Waals surface area (Å²) >= 11 is 8.37. The Kier molecular flexibility index (Phi) is 9.95. The lowest BCUT2D eigenvalue weighted by atomic mass is 10.1. The number of nitrogens with zero attached hydrogens (tertiary/aromatic N) is 3. The van der Waals surface area contributed by atoms with E-state index >= 15 is 0 Å². The molecule has 3 aromatic rings. The molecule has 1 unspecified atom stereocenters. The molecule has 3 rings (SSSR count). The minimum absolute atomic E-state index is 0.0423. The van der Waals surface area contributed by atoms with Crippen LogP contribution in [0.2, 0.25) is 5.02 Å². The fraction of sp³-hybridized carbons (Fsp3) is 0.320. The second kappa shape index (κ2) is 12.9. The van der Waals surface area contributed by atoms with Crippen LogP contribution in [0.15, 0.2) is 36.0 Å². The van der Waals surface area contributed by atoms with Crippen LogP contribution < -0.4 is 10.1 Å². The van der Waals surface area contributed by atoms with Crippen LogP contribution in [0.3, 0.4) is 0 Å². The number of esters is 2. The van der Waals surface area contributed by atoms with Crippen molar-refractivity contribution < 1.29 is 28.6 Å². The molecule has 1 amide bonds. The van der Waals surface area contributed by atoms with Crippen molar-refractivity contribution in [3.05, 3.63) is 63.3 Å². The summed E-state index contributed by atoms with van der Waals surface area (Å²) in [5.74, 6) is -0.673. The molecule has 13 heteroatoms. The molecule has 1 N–H and O–H groups in total. The zero-order chi connectivity index (χ0) is 28.0. The number of halogens is 1. The average Bonchev–Trinajstić information content (AvgIpc) is 3.44. The zero-order valence-corrected chi connectivity index (χ0v) is 23.9. The van der Waals surface area contributed by atoms with Crippen LogP contribution in [0, 0.1) is 13.8 Å². The average molecular weight is 579 g/mol. The number of carbonyl (C=O) groups is 3. The van der Waals surface area contributed by atoms with Gasteiger partial charge in [-0.15, -0.1) is 28.1 Å². The highest BCUT2D eigenvalue weighted by Crippen LogP contribution is 2.35. The maximum absolute atomic E-state index is 12.8. The van der Waals surface area contributed by atoms with Crippen LogP contribution in [0.1, 0.15) is 50.0 Å². The van der Waals surface area contributed by atoms with Gasteiger partial charge in [-0.05, 0) is 44.0 Å². The van der Waals surface area contributed by atoms with E-state index in [1.54, 1.807) is 23.6 Å². The van der Waals surface area contributed by atoms with E-state index in [0.29, 0.717) is 33.9 Å². The van der Waals surface area contributed by atoms with Gasteiger partial charge in [-0.2, -0.15) is 0 Å². The lowest BCUT2D eigenvalue weighted by molar-refractivity contribution is -0.113. The first kappa shape index (κ1) is 29.2. The number of allylic oxidation sites excluding steroid dienone is 1. The Bertz CT molecular complexity index is 1370. The molecule has 38 heavy (non-hydrogen) atoms. The Balaban J connectivity index is 1.76. The lowest BCUT2D eigenvalue weighted by Crippen LogP contribution is -2.17. The van der Waals surface area contributed by atoms with Gasteiger partial charge in [0.25, 0.3) is 0 Å². The number of aryl methyl sites for hydroxylation is 1. The third-order valence-electron chi connectivity index (χ3n) is 5.30. The Morgan fingerprint density at radius 2 is 1.92 bits per heavy atom.